The molecular formula is C15H28N2O. The van der Waals surface area contributed by atoms with Crippen molar-refractivity contribution in [3.63, 3.8) is 0 Å². The van der Waals surface area contributed by atoms with E-state index in [4.69, 9.17) is 5.73 Å². The van der Waals surface area contributed by atoms with Crippen molar-refractivity contribution >= 4 is 5.91 Å². The Morgan fingerprint density at radius 3 is 2.50 bits per heavy atom. The van der Waals surface area contributed by atoms with Crippen molar-refractivity contribution in [3.05, 3.63) is 0 Å². The van der Waals surface area contributed by atoms with Crippen molar-refractivity contribution < 1.29 is 4.79 Å². The lowest BCUT2D eigenvalue weighted by Gasteiger charge is -2.29. The predicted octanol–water partition coefficient (Wildman–Crippen LogP) is 2.44. The van der Waals surface area contributed by atoms with E-state index in [0.717, 1.165) is 25.2 Å². The second-order valence-electron chi connectivity index (χ2n) is 6.50. The number of nitrogens with one attached hydrogen (secondary N) is 1. The second-order valence-corrected chi connectivity index (χ2v) is 6.50. The van der Waals surface area contributed by atoms with Gasteiger partial charge in [0.2, 0.25) is 5.91 Å². The topological polar surface area (TPSA) is 55.1 Å². The fourth-order valence-corrected chi connectivity index (χ4v) is 3.56. The van der Waals surface area contributed by atoms with Crippen LogP contribution in [-0.4, -0.2) is 18.0 Å². The normalized spacial score (nSPS) is 40.7. The lowest BCUT2D eigenvalue weighted by Crippen LogP contribution is -2.41. The van der Waals surface area contributed by atoms with Crippen LogP contribution in [0.3, 0.4) is 0 Å². The Labute approximate surface area is 111 Å². The molecule has 0 aromatic rings. The maximum atomic E-state index is 12.1. The van der Waals surface area contributed by atoms with E-state index >= 15 is 0 Å². The van der Waals surface area contributed by atoms with Crippen LogP contribution in [-0.2, 0) is 4.79 Å². The van der Waals surface area contributed by atoms with E-state index in [1.165, 1.54) is 19.3 Å². The van der Waals surface area contributed by atoms with Crippen LogP contribution < -0.4 is 11.1 Å². The van der Waals surface area contributed by atoms with Crippen molar-refractivity contribution in [3.8, 4) is 0 Å². The van der Waals surface area contributed by atoms with Crippen LogP contribution in [0, 0.1) is 17.8 Å². The molecule has 3 heteroatoms. The number of carbonyl (C=O) groups excluding carboxylic acids is 1. The van der Waals surface area contributed by atoms with Gasteiger partial charge in [-0.3, -0.25) is 4.79 Å². The van der Waals surface area contributed by atoms with Crippen LogP contribution in [0.4, 0.5) is 0 Å². The van der Waals surface area contributed by atoms with E-state index < -0.39 is 0 Å². The minimum absolute atomic E-state index is 0.225. The molecule has 0 aromatic carbocycles. The Morgan fingerprint density at radius 2 is 1.89 bits per heavy atom. The fraction of sp³-hybridized carbons (Fsp3) is 0.933. The molecule has 0 aliphatic heterocycles. The number of rotatable bonds is 3. The predicted molar refractivity (Wildman–Crippen MR) is 74.0 cm³/mol. The van der Waals surface area contributed by atoms with Gasteiger partial charge in [0.25, 0.3) is 0 Å². The van der Waals surface area contributed by atoms with Gasteiger partial charge >= 0.3 is 0 Å². The summed E-state index contributed by atoms with van der Waals surface area (Å²) in [7, 11) is 0. The van der Waals surface area contributed by atoms with E-state index in [1.807, 2.05) is 0 Å². The van der Waals surface area contributed by atoms with Crippen molar-refractivity contribution in [2.45, 2.75) is 70.9 Å². The van der Waals surface area contributed by atoms with Crippen LogP contribution >= 0.6 is 0 Å². The van der Waals surface area contributed by atoms with Crippen molar-refractivity contribution in [2.75, 3.05) is 0 Å². The van der Waals surface area contributed by atoms with Gasteiger partial charge < -0.3 is 11.1 Å². The Kier molecular flexibility index (Phi) is 4.66. The molecular weight excluding hydrogens is 224 g/mol. The fourth-order valence-electron chi connectivity index (χ4n) is 3.56. The van der Waals surface area contributed by atoms with Crippen LogP contribution in [0.25, 0.3) is 0 Å². The van der Waals surface area contributed by atoms with Gasteiger partial charge in [-0.1, -0.05) is 26.7 Å². The van der Waals surface area contributed by atoms with Gasteiger partial charge in [0.05, 0.1) is 0 Å². The molecule has 3 nitrogen and oxygen atoms in total. The zero-order chi connectivity index (χ0) is 13.1. The number of hydrogen-bond donors (Lipinski definition) is 2. The highest BCUT2D eigenvalue weighted by Gasteiger charge is 2.31. The zero-order valence-electron chi connectivity index (χ0n) is 11.8. The number of carbonyl (C=O) groups is 1. The maximum Gasteiger partial charge on any atom is 0.220 e. The van der Waals surface area contributed by atoms with Crippen LogP contribution in [0.5, 0.6) is 0 Å². The average Bonchev–Trinajstić information content (AvgIpc) is 2.64. The molecule has 1 amide bonds. The minimum atomic E-state index is 0.225. The van der Waals surface area contributed by atoms with E-state index in [1.54, 1.807) is 0 Å². The van der Waals surface area contributed by atoms with Gasteiger partial charge in [-0.15, -0.1) is 0 Å². The summed E-state index contributed by atoms with van der Waals surface area (Å²) in [5.41, 5.74) is 6.10. The third kappa shape index (κ3) is 3.25. The summed E-state index contributed by atoms with van der Waals surface area (Å²) >= 11 is 0. The van der Waals surface area contributed by atoms with Crippen LogP contribution in [0.1, 0.15) is 58.8 Å². The lowest BCUT2D eigenvalue weighted by molar-refractivity contribution is -0.123. The van der Waals surface area contributed by atoms with E-state index in [0.29, 0.717) is 24.3 Å². The highest BCUT2D eigenvalue weighted by atomic mass is 16.1. The molecule has 2 fully saturated rings. The number of nitrogens with two attached hydrogens (primary N) is 1. The van der Waals surface area contributed by atoms with Gasteiger partial charge in [-0.05, 0) is 43.4 Å². The molecule has 2 aliphatic carbocycles. The van der Waals surface area contributed by atoms with Crippen molar-refractivity contribution in [2.24, 2.45) is 23.5 Å². The molecule has 2 aliphatic rings. The molecule has 0 spiro atoms. The van der Waals surface area contributed by atoms with Crippen LogP contribution in [0.15, 0.2) is 0 Å². The summed E-state index contributed by atoms with van der Waals surface area (Å²) < 4.78 is 0. The summed E-state index contributed by atoms with van der Waals surface area (Å²) in [6.45, 7) is 4.54. The first kappa shape index (κ1) is 13.9. The summed E-state index contributed by atoms with van der Waals surface area (Å²) in [5.74, 6) is 2.00. The Morgan fingerprint density at radius 1 is 1.17 bits per heavy atom. The van der Waals surface area contributed by atoms with E-state index in [9.17, 15) is 4.79 Å². The Balaban J connectivity index is 1.78. The Bertz CT molecular complexity index is 284. The SMILES string of the molecule is CC1CCC(NC(=O)CC2CCCCC2N)C1C. The first-order valence-electron chi connectivity index (χ1n) is 7.63. The molecule has 104 valence electrons. The van der Waals surface area contributed by atoms with Gasteiger partial charge in [-0.25, -0.2) is 0 Å². The quantitative estimate of drug-likeness (QED) is 0.810. The average molecular weight is 252 g/mol. The van der Waals surface area contributed by atoms with Crippen molar-refractivity contribution in [1.82, 2.24) is 5.32 Å². The summed E-state index contributed by atoms with van der Waals surface area (Å²) in [6.07, 6.45) is 7.72. The molecule has 3 N–H and O–H groups in total. The number of hydrogen-bond acceptors (Lipinski definition) is 2. The van der Waals surface area contributed by atoms with E-state index in [-0.39, 0.29) is 11.9 Å². The molecule has 5 unspecified atom stereocenters. The maximum absolute atomic E-state index is 12.1. The summed E-state index contributed by atoms with van der Waals surface area (Å²) in [6, 6.07) is 0.636. The third-order valence-corrected chi connectivity index (χ3v) is 5.23. The monoisotopic (exact) mass is 252 g/mol. The summed E-state index contributed by atoms with van der Waals surface area (Å²) in [4.78, 5) is 12.1. The molecule has 0 heterocycles. The van der Waals surface area contributed by atoms with E-state index in [2.05, 4.69) is 19.2 Å². The lowest BCUT2D eigenvalue weighted by atomic mass is 9.83. The molecule has 0 aromatic heterocycles. The summed E-state index contributed by atoms with van der Waals surface area (Å²) in [5, 5.41) is 3.23. The van der Waals surface area contributed by atoms with Gasteiger partial charge in [0, 0.05) is 18.5 Å². The smallest absolute Gasteiger partial charge is 0.220 e. The third-order valence-electron chi connectivity index (χ3n) is 5.23. The standard InChI is InChI=1S/C15H28N2O/c1-10-7-8-14(11(10)2)17-15(18)9-12-5-3-4-6-13(12)16/h10-14H,3-9,16H2,1-2H3,(H,17,18). The highest BCUT2D eigenvalue weighted by Crippen LogP contribution is 2.31. The molecule has 18 heavy (non-hydrogen) atoms. The largest absolute Gasteiger partial charge is 0.353 e. The molecule has 5 atom stereocenters. The molecule has 2 rings (SSSR count). The van der Waals surface area contributed by atoms with Crippen molar-refractivity contribution in [1.29, 1.82) is 0 Å². The highest BCUT2D eigenvalue weighted by molar-refractivity contribution is 5.76. The second kappa shape index (κ2) is 6.05. The molecule has 0 bridgehead atoms. The molecule has 0 radical (unpaired) electrons. The first-order valence-corrected chi connectivity index (χ1v) is 7.63. The Hall–Kier alpha value is -0.570. The first-order chi connectivity index (χ1) is 8.58. The van der Waals surface area contributed by atoms with Crippen LogP contribution in [0.2, 0.25) is 0 Å². The van der Waals surface area contributed by atoms with Gasteiger partial charge in [0.1, 0.15) is 0 Å². The molecule has 2 saturated carbocycles. The molecule has 0 saturated heterocycles. The zero-order valence-corrected chi connectivity index (χ0v) is 11.8. The number of amides is 1. The minimum Gasteiger partial charge on any atom is -0.353 e. The van der Waals surface area contributed by atoms with Gasteiger partial charge in [-0.2, -0.15) is 0 Å². The van der Waals surface area contributed by atoms with Gasteiger partial charge in [0.15, 0.2) is 0 Å².